The predicted molar refractivity (Wildman–Crippen MR) is 63.6 cm³/mol. The van der Waals surface area contributed by atoms with Crippen molar-refractivity contribution in [2.75, 3.05) is 6.61 Å². The average Bonchev–Trinajstić information content (AvgIpc) is 2.28. The fourth-order valence-electron chi connectivity index (χ4n) is 1.51. The maximum atomic E-state index is 9.25. The number of aliphatic hydroxyl groups excluding tert-OH is 1. The Balaban J connectivity index is 2.87. The molecule has 0 heterocycles. The van der Waals surface area contributed by atoms with Gasteiger partial charge in [-0.15, -0.1) is 0 Å². The van der Waals surface area contributed by atoms with Crippen LogP contribution in [0.15, 0.2) is 24.3 Å². The van der Waals surface area contributed by atoms with Gasteiger partial charge in [0.15, 0.2) is 0 Å². The molecular formula is C13H21NO. The Kier molecular flexibility index (Phi) is 3.89. The Labute approximate surface area is 92.1 Å². The first-order chi connectivity index (χ1) is 7.01. The van der Waals surface area contributed by atoms with Gasteiger partial charge in [0, 0.05) is 18.1 Å². The van der Waals surface area contributed by atoms with Crippen LogP contribution >= 0.6 is 0 Å². The summed E-state index contributed by atoms with van der Waals surface area (Å²) < 4.78 is 0. The molecule has 0 saturated carbocycles. The van der Waals surface area contributed by atoms with Crippen molar-refractivity contribution in [3.05, 3.63) is 35.4 Å². The third-order valence-corrected chi connectivity index (χ3v) is 3.00. The van der Waals surface area contributed by atoms with Gasteiger partial charge in [0.2, 0.25) is 0 Å². The van der Waals surface area contributed by atoms with Crippen LogP contribution in [0.3, 0.4) is 0 Å². The summed E-state index contributed by atoms with van der Waals surface area (Å²) in [6.45, 7) is 6.19. The average molecular weight is 207 g/mol. The van der Waals surface area contributed by atoms with Crippen LogP contribution in [0, 0.1) is 5.41 Å². The number of hydrogen-bond acceptors (Lipinski definition) is 2. The lowest BCUT2D eigenvalue weighted by atomic mass is 9.81. The molecule has 1 atom stereocenters. The molecule has 0 aliphatic heterocycles. The van der Waals surface area contributed by atoms with Gasteiger partial charge in [-0.1, -0.05) is 45.0 Å². The molecule has 0 bridgehead atoms. The molecule has 0 spiro atoms. The molecule has 3 N–H and O–H groups in total. The fraction of sp³-hybridized carbons (Fsp3) is 0.538. The first kappa shape index (κ1) is 12.2. The highest BCUT2D eigenvalue weighted by Gasteiger charge is 2.26. The molecule has 1 aromatic rings. The molecule has 2 nitrogen and oxygen atoms in total. The van der Waals surface area contributed by atoms with Crippen molar-refractivity contribution in [1.82, 2.24) is 0 Å². The molecule has 0 unspecified atom stereocenters. The zero-order valence-corrected chi connectivity index (χ0v) is 9.83. The van der Waals surface area contributed by atoms with E-state index in [9.17, 15) is 5.11 Å². The Morgan fingerprint density at radius 2 is 1.80 bits per heavy atom. The van der Waals surface area contributed by atoms with Crippen LogP contribution < -0.4 is 5.73 Å². The summed E-state index contributed by atoms with van der Waals surface area (Å²) in [7, 11) is 0. The summed E-state index contributed by atoms with van der Waals surface area (Å²) in [5, 5.41) is 9.25. The van der Waals surface area contributed by atoms with E-state index in [0.29, 0.717) is 0 Å². The Hall–Kier alpha value is -0.860. The number of hydrogen-bond donors (Lipinski definition) is 2. The van der Waals surface area contributed by atoms with E-state index in [0.717, 1.165) is 12.0 Å². The topological polar surface area (TPSA) is 46.2 Å². The van der Waals surface area contributed by atoms with Gasteiger partial charge in [0.25, 0.3) is 0 Å². The molecule has 1 rings (SSSR count). The predicted octanol–water partition coefficient (Wildman–Crippen LogP) is 2.27. The minimum Gasteiger partial charge on any atom is -0.396 e. The fourth-order valence-corrected chi connectivity index (χ4v) is 1.51. The van der Waals surface area contributed by atoms with Crippen molar-refractivity contribution < 1.29 is 5.11 Å². The molecule has 0 amide bonds. The molecule has 2 heteroatoms. The van der Waals surface area contributed by atoms with Crippen molar-refractivity contribution >= 4 is 0 Å². The molecular weight excluding hydrogens is 186 g/mol. The highest BCUT2D eigenvalue weighted by atomic mass is 16.3. The summed E-state index contributed by atoms with van der Waals surface area (Å²) in [5.74, 6) is 0. The summed E-state index contributed by atoms with van der Waals surface area (Å²) in [6.07, 6.45) is 1.04. The second-order valence-corrected chi connectivity index (χ2v) is 4.72. The molecule has 0 aromatic heterocycles. The van der Waals surface area contributed by atoms with Gasteiger partial charge in [-0.25, -0.2) is 0 Å². The number of benzene rings is 1. The van der Waals surface area contributed by atoms with Crippen molar-refractivity contribution in [3.63, 3.8) is 0 Å². The second-order valence-electron chi connectivity index (χ2n) is 4.72. The first-order valence-corrected chi connectivity index (χ1v) is 5.46. The summed E-state index contributed by atoms with van der Waals surface area (Å²) in [6, 6.07) is 8.20. The van der Waals surface area contributed by atoms with Gasteiger partial charge in [-0.05, 0) is 17.5 Å². The highest BCUT2D eigenvalue weighted by Crippen LogP contribution is 2.30. The van der Waals surface area contributed by atoms with E-state index in [2.05, 4.69) is 31.2 Å². The molecule has 0 aliphatic carbocycles. The smallest absolute Gasteiger partial charge is 0.0500 e. The van der Waals surface area contributed by atoms with Crippen LogP contribution in [-0.2, 0) is 6.42 Å². The van der Waals surface area contributed by atoms with Crippen molar-refractivity contribution in [2.45, 2.75) is 33.2 Å². The van der Waals surface area contributed by atoms with Crippen LogP contribution in [0.2, 0.25) is 0 Å². The minimum absolute atomic E-state index is 0.101. The van der Waals surface area contributed by atoms with Crippen LogP contribution in [0.1, 0.15) is 37.9 Å². The van der Waals surface area contributed by atoms with E-state index >= 15 is 0 Å². The van der Waals surface area contributed by atoms with Crippen LogP contribution in [0.4, 0.5) is 0 Å². The second kappa shape index (κ2) is 4.77. The van der Waals surface area contributed by atoms with Gasteiger partial charge in [-0.3, -0.25) is 0 Å². The number of rotatable bonds is 4. The third kappa shape index (κ3) is 2.80. The zero-order valence-electron chi connectivity index (χ0n) is 9.83. The lowest BCUT2D eigenvalue weighted by Gasteiger charge is -2.29. The van der Waals surface area contributed by atoms with Crippen molar-refractivity contribution in [1.29, 1.82) is 0 Å². The van der Waals surface area contributed by atoms with E-state index in [1.807, 2.05) is 13.8 Å². The molecule has 0 fully saturated rings. The van der Waals surface area contributed by atoms with E-state index in [4.69, 9.17) is 5.73 Å². The molecule has 0 saturated heterocycles. The molecule has 15 heavy (non-hydrogen) atoms. The molecule has 1 aromatic carbocycles. The highest BCUT2D eigenvalue weighted by molar-refractivity contribution is 5.26. The lowest BCUT2D eigenvalue weighted by Crippen LogP contribution is -2.32. The van der Waals surface area contributed by atoms with Gasteiger partial charge in [-0.2, -0.15) is 0 Å². The van der Waals surface area contributed by atoms with E-state index in [1.165, 1.54) is 5.56 Å². The molecule has 0 aliphatic rings. The summed E-state index contributed by atoms with van der Waals surface area (Å²) >= 11 is 0. The molecule has 84 valence electrons. The largest absolute Gasteiger partial charge is 0.396 e. The minimum atomic E-state index is -0.270. The van der Waals surface area contributed by atoms with Gasteiger partial charge >= 0.3 is 0 Å². The normalized spacial score (nSPS) is 13.9. The SMILES string of the molecule is CCc1ccc([C@H](N)C(C)(C)CO)cc1. The maximum Gasteiger partial charge on any atom is 0.0500 e. The Morgan fingerprint density at radius 1 is 1.27 bits per heavy atom. The van der Waals surface area contributed by atoms with Gasteiger partial charge < -0.3 is 10.8 Å². The number of nitrogens with two attached hydrogens (primary N) is 1. The first-order valence-electron chi connectivity index (χ1n) is 5.46. The van der Waals surface area contributed by atoms with Gasteiger partial charge in [0.05, 0.1) is 0 Å². The monoisotopic (exact) mass is 207 g/mol. The van der Waals surface area contributed by atoms with Crippen LogP contribution in [0.25, 0.3) is 0 Å². The quantitative estimate of drug-likeness (QED) is 0.795. The van der Waals surface area contributed by atoms with E-state index in [1.54, 1.807) is 0 Å². The van der Waals surface area contributed by atoms with Crippen molar-refractivity contribution in [3.8, 4) is 0 Å². The van der Waals surface area contributed by atoms with Crippen molar-refractivity contribution in [2.24, 2.45) is 11.1 Å². The summed E-state index contributed by atoms with van der Waals surface area (Å²) in [5.41, 5.74) is 8.25. The number of aryl methyl sites for hydroxylation is 1. The summed E-state index contributed by atoms with van der Waals surface area (Å²) in [4.78, 5) is 0. The third-order valence-electron chi connectivity index (χ3n) is 3.00. The zero-order chi connectivity index (χ0) is 11.5. The Morgan fingerprint density at radius 3 is 2.20 bits per heavy atom. The van der Waals surface area contributed by atoms with E-state index in [-0.39, 0.29) is 18.1 Å². The number of aliphatic hydroxyl groups is 1. The molecule has 0 radical (unpaired) electrons. The standard InChI is InChI=1S/C13H21NO/c1-4-10-5-7-11(8-6-10)12(14)13(2,3)9-15/h5-8,12,15H,4,9,14H2,1-3H3/t12-/m0/s1. The maximum absolute atomic E-state index is 9.25. The van der Waals surface area contributed by atoms with Crippen LogP contribution in [-0.4, -0.2) is 11.7 Å². The lowest BCUT2D eigenvalue weighted by molar-refractivity contribution is 0.132. The van der Waals surface area contributed by atoms with E-state index < -0.39 is 0 Å². The van der Waals surface area contributed by atoms with Crippen LogP contribution in [0.5, 0.6) is 0 Å². The van der Waals surface area contributed by atoms with Gasteiger partial charge in [0.1, 0.15) is 0 Å². The Bertz CT molecular complexity index is 303.